The number of pyridine rings is 1. The van der Waals surface area contributed by atoms with Crippen LogP contribution < -0.4 is 5.32 Å². The summed E-state index contributed by atoms with van der Waals surface area (Å²) in [5.74, 6) is -0.551. The average Bonchev–Trinajstić information content (AvgIpc) is 3.08. The van der Waals surface area contributed by atoms with Gasteiger partial charge in [-0.15, -0.1) is 11.3 Å². The quantitative estimate of drug-likeness (QED) is 0.711. The number of anilines is 1. The summed E-state index contributed by atoms with van der Waals surface area (Å²) in [6.07, 6.45) is 3.98. The number of carboxylic acid groups (broad SMARTS) is 1. The van der Waals surface area contributed by atoms with Crippen molar-refractivity contribution < 1.29 is 9.90 Å². The third kappa shape index (κ3) is 3.72. The standard InChI is InChI=1S/C16H15N5O2S/c1-2-11-9-24-14(20-11)8-19-16-18-6-4-12(21-16)13-7-10(15(22)23)3-5-17-13/h3-7,9H,2,8H2,1H3,(H,22,23)(H,18,19,21). The van der Waals surface area contributed by atoms with Crippen molar-refractivity contribution in [2.45, 2.75) is 19.9 Å². The predicted octanol–water partition coefficient (Wildman–Crippen LogP) is 2.87. The van der Waals surface area contributed by atoms with Crippen molar-refractivity contribution in [2.24, 2.45) is 0 Å². The summed E-state index contributed by atoms with van der Waals surface area (Å²) in [5.41, 5.74) is 2.29. The fraction of sp³-hybridized carbons (Fsp3) is 0.188. The molecule has 24 heavy (non-hydrogen) atoms. The van der Waals surface area contributed by atoms with Crippen molar-refractivity contribution in [3.05, 3.63) is 52.2 Å². The highest BCUT2D eigenvalue weighted by Gasteiger charge is 2.08. The highest BCUT2D eigenvalue weighted by Crippen LogP contribution is 2.17. The lowest BCUT2D eigenvalue weighted by Gasteiger charge is -2.05. The van der Waals surface area contributed by atoms with Crippen LogP contribution in [-0.2, 0) is 13.0 Å². The van der Waals surface area contributed by atoms with Gasteiger partial charge in [0, 0.05) is 17.8 Å². The Morgan fingerprint density at radius 1 is 1.21 bits per heavy atom. The fourth-order valence-electron chi connectivity index (χ4n) is 2.04. The number of aromatic nitrogens is 4. The summed E-state index contributed by atoms with van der Waals surface area (Å²) in [6.45, 7) is 2.60. The molecule has 122 valence electrons. The summed E-state index contributed by atoms with van der Waals surface area (Å²) in [6, 6.07) is 4.63. The Morgan fingerprint density at radius 3 is 2.79 bits per heavy atom. The van der Waals surface area contributed by atoms with Crippen LogP contribution in [0.3, 0.4) is 0 Å². The normalized spacial score (nSPS) is 10.5. The van der Waals surface area contributed by atoms with Gasteiger partial charge in [0.05, 0.1) is 29.2 Å². The number of hydrogen-bond acceptors (Lipinski definition) is 7. The van der Waals surface area contributed by atoms with Gasteiger partial charge in [0.1, 0.15) is 5.01 Å². The van der Waals surface area contributed by atoms with Crippen LogP contribution in [0.5, 0.6) is 0 Å². The number of aryl methyl sites for hydroxylation is 1. The molecule has 8 heteroatoms. The molecule has 7 nitrogen and oxygen atoms in total. The SMILES string of the molecule is CCc1csc(CNc2nccc(-c3cc(C(=O)O)ccn3)n2)n1. The van der Waals surface area contributed by atoms with Crippen LogP contribution in [-0.4, -0.2) is 31.0 Å². The van der Waals surface area contributed by atoms with E-state index in [0.29, 0.717) is 23.9 Å². The van der Waals surface area contributed by atoms with Crippen LogP contribution in [0.1, 0.15) is 28.0 Å². The van der Waals surface area contributed by atoms with E-state index >= 15 is 0 Å². The largest absolute Gasteiger partial charge is 0.478 e. The fourth-order valence-corrected chi connectivity index (χ4v) is 2.85. The lowest BCUT2D eigenvalue weighted by Crippen LogP contribution is -2.04. The van der Waals surface area contributed by atoms with Crippen LogP contribution >= 0.6 is 11.3 Å². The average molecular weight is 341 g/mol. The summed E-state index contributed by atoms with van der Waals surface area (Å²) >= 11 is 1.59. The molecule has 0 spiro atoms. The molecule has 0 atom stereocenters. The Balaban J connectivity index is 1.76. The molecule has 3 rings (SSSR count). The second kappa shape index (κ2) is 7.14. The third-order valence-electron chi connectivity index (χ3n) is 3.28. The van der Waals surface area contributed by atoms with Crippen LogP contribution in [0.25, 0.3) is 11.4 Å². The zero-order valence-electron chi connectivity index (χ0n) is 12.9. The van der Waals surface area contributed by atoms with Gasteiger partial charge in [-0.2, -0.15) is 0 Å². The Kier molecular flexibility index (Phi) is 4.76. The number of nitrogens with zero attached hydrogens (tertiary/aromatic N) is 4. The van der Waals surface area contributed by atoms with E-state index in [1.165, 1.54) is 18.3 Å². The van der Waals surface area contributed by atoms with Gasteiger partial charge in [-0.25, -0.2) is 19.7 Å². The Hall–Kier alpha value is -2.87. The maximum atomic E-state index is 11.1. The molecule has 0 unspecified atom stereocenters. The zero-order chi connectivity index (χ0) is 16.9. The van der Waals surface area contributed by atoms with Crippen molar-refractivity contribution in [3.63, 3.8) is 0 Å². The van der Waals surface area contributed by atoms with Crippen LogP contribution in [0.4, 0.5) is 5.95 Å². The summed E-state index contributed by atoms with van der Waals surface area (Å²) in [5, 5.41) is 15.2. The molecule has 3 aromatic rings. The molecule has 3 heterocycles. The van der Waals surface area contributed by atoms with Gasteiger partial charge >= 0.3 is 5.97 Å². The van der Waals surface area contributed by atoms with E-state index in [-0.39, 0.29) is 5.56 Å². The molecule has 0 amide bonds. The van der Waals surface area contributed by atoms with E-state index in [1.807, 2.05) is 5.38 Å². The Morgan fingerprint density at radius 2 is 2.04 bits per heavy atom. The Bertz CT molecular complexity index is 865. The third-order valence-corrected chi connectivity index (χ3v) is 4.18. The number of hydrogen-bond donors (Lipinski definition) is 2. The zero-order valence-corrected chi connectivity index (χ0v) is 13.7. The maximum absolute atomic E-state index is 11.1. The van der Waals surface area contributed by atoms with Gasteiger partial charge in [-0.1, -0.05) is 6.92 Å². The van der Waals surface area contributed by atoms with Crippen molar-refractivity contribution >= 4 is 23.3 Å². The van der Waals surface area contributed by atoms with Crippen LogP contribution in [0.15, 0.2) is 36.0 Å². The first-order chi connectivity index (χ1) is 11.7. The second-order valence-electron chi connectivity index (χ2n) is 4.94. The van der Waals surface area contributed by atoms with Crippen molar-refractivity contribution in [3.8, 4) is 11.4 Å². The van der Waals surface area contributed by atoms with E-state index in [1.54, 1.807) is 23.6 Å². The van der Waals surface area contributed by atoms with Gasteiger partial charge < -0.3 is 10.4 Å². The molecule has 0 fully saturated rings. The molecule has 0 bridgehead atoms. The maximum Gasteiger partial charge on any atom is 0.335 e. The number of carbonyl (C=O) groups is 1. The van der Waals surface area contributed by atoms with Gasteiger partial charge in [-0.3, -0.25) is 4.98 Å². The smallest absolute Gasteiger partial charge is 0.335 e. The number of carboxylic acids is 1. The number of thiazole rings is 1. The molecule has 0 aromatic carbocycles. The molecule has 0 aliphatic heterocycles. The van der Waals surface area contributed by atoms with Crippen LogP contribution in [0.2, 0.25) is 0 Å². The van der Waals surface area contributed by atoms with E-state index in [9.17, 15) is 4.79 Å². The number of aromatic carboxylic acids is 1. The highest BCUT2D eigenvalue weighted by atomic mass is 32.1. The molecule has 0 radical (unpaired) electrons. The van der Waals surface area contributed by atoms with E-state index in [0.717, 1.165) is 17.1 Å². The molecule has 0 saturated carbocycles. The second-order valence-corrected chi connectivity index (χ2v) is 5.88. The molecular weight excluding hydrogens is 326 g/mol. The minimum absolute atomic E-state index is 0.169. The van der Waals surface area contributed by atoms with Gasteiger partial charge in [-0.05, 0) is 24.6 Å². The summed E-state index contributed by atoms with van der Waals surface area (Å²) in [4.78, 5) is 28.3. The first-order valence-electron chi connectivity index (χ1n) is 7.35. The molecular formula is C16H15N5O2S. The summed E-state index contributed by atoms with van der Waals surface area (Å²) < 4.78 is 0. The van der Waals surface area contributed by atoms with Gasteiger partial charge in [0.2, 0.25) is 5.95 Å². The van der Waals surface area contributed by atoms with Gasteiger partial charge in [0.25, 0.3) is 0 Å². The van der Waals surface area contributed by atoms with E-state index in [4.69, 9.17) is 5.11 Å². The van der Waals surface area contributed by atoms with Crippen molar-refractivity contribution in [1.82, 2.24) is 19.9 Å². The molecule has 3 aromatic heterocycles. The monoisotopic (exact) mass is 341 g/mol. The highest BCUT2D eigenvalue weighted by molar-refractivity contribution is 7.09. The Labute approximate surface area is 142 Å². The lowest BCUT2D eigenvalue weighted by atomic mass is 10.2. The minimum atomic E-state index is -0.999. The summed E-state index contributed by atoms with van der Waals surface area (Å²) in [7, 11) is 0. The molecule has 0 aliphatic carbocycles. The van der Waals surface area contributed by atoms with Crippen molar-refractivity contribution in [1.29, 1.82) is 0 Å². The molecule has 0 saturated heterocycles. The van der Waals surface area contributed by atoms with Gasteiger partial charge in [0.15, 0.2) is 0 Å². The first-order valence-corrected chi connectivity index (χ1v) is 8.23. The lowest BCUT2D eigenvalue weighted by molar-refractivity contribution is 0.0697. The number of rotatable bonds is 6. The van der Waals surface area contributed by atoms with Crippen LogP contribution in [0, 0.1) is 0 Å². The minimum Gasteiger partial charge on any atom is -0.478 e. The van der Waals surface area contributed by atoms with Crippen molar-refractivity contribution in [2.75, 3.05) is 5.32 Å². The number of nitrogens with one attached hydrogen (secondary N) is 1. The predicted molar refractivity (Wildman–Crippen MR) is 91.0 cm³/mol. The molecule has 2 N–H and O–H groups in total. The topological polar surface area (TPSA) is 101 Å². The first kappa shape index (κ1) is 16.0. The van der Waals surface area contributed by atoms with E-state index in [2.05, 4.69) is 32.2 Å². The van der Waals surface area contributed by atoms with E-state index < -0.39 is 5.97 Å². The molecule has 0 aliphatic rings.